The maximum atomic E-state index is 10.7. The van der Waals surface area contributed by atoms with E-state index in [-0.39, 0.29) is 0 Å². The number of rotatable bonds is 0. The summed E-state index contributed by atoms with van der Waals surface area (Å²) in [4.78, 5) is 10.7. The van der Waals surface area contributed by atoms with Crippen LogP contribution >= 0.6 is 0 Å². The van der Waals surface area contributed by atoms with Crippen molar-refractivity contribution in [2.75, 3.05) is 0 Å². The summed E-state index contributed by atoms with van der Waals surface area (Å²) in [6.07, 6.45) is -2.11. The normalized spacial score (nSPS) is 43.0. The first-order valence-electron chi connectivity index (χ1n) is 2.86. The van der Waals surface area contributed by atoms with Gasteiger partial charge < -0.3 is 25.2 Å². The average molecular weight is 164 g/mol. The number of ether oxygens (including phenoxy) is 1. The van der Waals surface area contributed by atoms with Crippen molar-refractivity contribution in [3.05, 3.63) is 0 Å². The molecule has 2 atom stereocenters. The lowest BCUT2D eigenvalue weighted by atomic mass is 10.1. The van der Waals surface area contributed by atoms with Gasteiger partial charge in [0.2, 0.25) is 12.1 Å². The summed E-state index contributed by atoms with van der Waals surface area (Å²) in [5.74, 6) is -6.72. The summed E-state index contributed by atoms with van der Waals surface area (Å²) < 4.78 is 4.14. The molecule has 0 bridgehead atoms. The molecule has 4 N–H and O–H groups in total. The zero-order chi connectivity index (χ0) is 8.86. The fourth-order valence-corrected chi connectivity index (χ4v) is 0.807. The van der Waals surface area contributed by atoms with Crippen molar-refractivity contribution in [1.29, 1.82) is 0 Å². The Hall–Kier alpha value is -0.530. The third kappa shape index (κ3) is 1.05. The van der Waals surface area contributed by atoms with Gasteiger partial charge in [0, 0.05) is 0 Å². The van der Waals surface area contributed by atoms with Crippen molar-refractivity contribution in [3.8, 4) is 0 Å². The minimum atomic E-state index is -3.01. The summed E-state index contributed by atoms with van der Waals surface area (Å²) in [5, 5.41) is 35.1. The lowest BCUT2D eigenvalue weighted by Crippen LogP contribution is -2.47. The Balaban J connectivity index is 2.99. The minimum Gasteiger partial charge on any atom is -0.363 e. The van der Waals surface area contributed by atoms with E-state index in [1.54, 1.807) is 0 Å². The lowest BCUT2D eigenvalue weighted by molar-refractivity contribution is -0.279. The van der Waals surface area contributed by atoms with Crippen LogP contribution in [0.25, 0.3) is 0 Å². The zero-order valence-corrected chi connectivity index (χ0v) is 5.68. The summed E-state index contributed by atoms with van der Waals surface area (Å²) in [7, 11) is 0. The molecule has 0 amide bonds. The van der Waals surface area contributed by atoms with Gasteiger partial charge in [-0.3, -0.25) is 4.79 Å². The SMILES string of the molecule is CC1(O)OC(O)C(O)(O)C1=O. The van der Waals surface area contributed by atoms with Crippen molar-refractivity contribution in [3.63, 3.8) is 0 Å². The molecule has 1 rings (SSSR count). The van der Waals surface area contributed by atoms with Gasteiger partial charge in [0.05, 0.1) is 0 Å². The van der Waals surface area contributed by atoms with Crippen molar-refractivity contribution >= 4 is 5.78 Å². The molecule has 0 radical (unpaired) electrons. The number of aliphatic hydroxyl groups is 4. The maximum Gasteiger partial charge on any atom is 0.282 e. The second-order valence-electron chi connectivity index (χ2n) is 2.51. The Bertz CT molecular complexity index is 195. The Morgan fingerprint density at radius 1 is 1.45 bits per heavy atom. The molecule has 0 aromatic rings. The molecular weight excluding hydrogens is 156 g/mol. The maximum absolute atomic E-state index is 10.7. The quantitative estimate of drug-likeness (QED) is 0.290. The standard InChI is InChI=1S/C5H8O6/c1-4(8)2(6)5(9,10)3(7)11-4/h3,7-10H,1H3. The van der Waals surface area contributed by atoms with Crippen LogP contribution in [0.4, 0.5) is 0 Å². The predicted octanol–water partition coefficient (Wildman–Crippen LogP) is -2.71. The van der Waals surface area contributed by atoms with Crippen LogP contribution in [0.1, 0.15) is 6.92 Å². The van der Waals surface area contributed by atoms with E-state index in [0.29, 0.717) is 0 Å². The van der Waals surface area contributed by atoms with Crippen molar-refractivity contribution < 1.29 is 30.0 Å². The van der Waals surface area contributed by atoms with Gasteiger partial charge >= 0.3 is 0 Å². The Morgan fingerprint density at radius 2 is 1.91 bits per heavy atom. The molecule has 0 aromatic heterocycles. The molecule has 6 nitrogen and oxygen atoms in total. The molecule has 64 valence electrons. The van der Waals surface area contributed by atoms with Gasteiger partial charge in [0.15, 0.2) is 0 Å². The van der Waals surface area contributed by atoms with E-state index >= 15 is 0 Å². The molecule has 11 heavy (non-hydrogen) atoms. The van der Waals surface area contributed by atoms with Crippen LogP contribution in [0.2, 0.25) is 0 Å². The number of carbonyl (C=O) groups excluding carboxylic acids is 1. The molecule has 0 aromatic carbocycles. The van der Waals surface area contributed by atoms with Crippen molar-refractivity contribution in [1.82, 2.24) is 0 Å². The van der Waals surface area contributed by atoms with Gasteiger partial charge in [0.25, 0.3) is 11.6 Å². The summed E-state index contributed by atoms with van der Waals surface area (Å²) >= 11 is 0. The molecule has 1 aliphatic heterocycles. The molecule has 2 unspecified atom stereocenters. The molecule has 0 aliphatic carbocycles. The van der Waals surface area contributed by atoms with Crippen molar-refractivity contribution in [2.24, 2.45) is 0 Å². The highest BCUT2D eigenvalue weighted by molar-refractivity contribution is 5.93. The first-order valence-corrected chi connectivity index (χ1v) is 2.86. The highest BCUT2D eigenvalue weighted by Crippen LogP contribution is 2.29. The highest BCUT2D eigenvalue weighted by atomic mass is 16.7. The lowest BCUT2D eigenvalue weighted by Gasteiger charge is -2.13. The third-order valence-electron chi connectivity index (χ3n) is 1.44. The third-order valence-corrected chi connectivity index (χ3v) is 1.44. The van der Waals surface area contributed by atoms with E-state index in [9.17, 15) is 4.79 Å². The molecule has 1 aliphatic rings. The van der Waals surface area contributed by atoms with Crippen LogP contribution in [0.15, 0.2) is 0 Å². The molecule has 0 saturated carbocycles. The first-order chi connectivity index (χ1) is 4.78. The Kier molecular flexibility index (Phi) is 1.55. The number of carbonyl (C=O) groups is 1. The van der Waals surface area contributed by atoms with Crippen LogP contribution in [-0.4, -0.2) is 44.1 Å². The summed E-state index contributed by atoms with van der Waals surface area (Å²) in [6, 6.07) is 0. The number of hydrogen-bond acceptors (Lipinski definition) is 6. The van der Waals surface area contributed by atoms with Gasteiger partial charge in [-0.15, -0.1) is 0 Å². The summed E-state index contributed by atoms with van der Waals surface area (Å²) in [5.41, 5.74) is 0. The molecule has 6 heteroatoms. The Morgan fingerprint density at radius 3 is 2.00 bits per heavy atom. The summed E-state index contributed by atoms with van der Waals surface area (Å²) in [6.45, 7) is 0.909. The van der Waals surface area contributed by atoms with E-state index in [0.717, 1.165) is 6.92 Å². The van der Waals surface area contributed by atoms with E-state index in [2.05, 4.69) is 4.74 Å². The smallest absolute Gasteiger partial charge is 0.282 e. The van der Waals surface area contributed by atoms with Gasteiger partial charge in [-0.2, -0.15) is 0 Å². The highest BCUT2D eigenvalue weighted by Gasteiger charge is 2.60. The van der Waals surface area contributed by atoms with Crippen molar-refractivity contribution in [2.45, 2.75) is 24.8 Å². The van der Waals surface area contributed by atoms with Gasteiger partial charge in [-0.1, -0.05) is 0 Å². The zero-order valence-electron chi connectivity index (χ0n) is 5.68. The predicted molar refractivity (Wildman–Crippen MR) is 29.9 cm³/mol. The molecule has 0 spiro atoms. The molecule has 1 saturated heterocycles. The van der Waals surface area contributed by atoms with Crippen LogP contribution in [0.5, 0.6) is 0 Å². The van der Waals surface area contributed by atoms with Gasteiger partial charge in [-0.25, -0.2) is 0 Å². The van der Waals surface area contributed by atoms with Crippen LogP contribution in [-0.2, 0) is 9.53 Å². The van der Waals surface area contributed by atoms with E-state index in [1.165, 1.54) is 0 Å². The first kappa shape index (κ1) is 8.57. The fourth-order valence-electron chi connectivity index (χ4n) is 0.807. The molecule has 1 fully saturated rings. The molecule has 1 heterocycles. The van der Waals surface area contributed by atoms with Crippen LogP contribution < -0.4 is 0 Å². The average Bonchev–Trinajstić information content (AvgIpc) is 1.94. The van der Waals surface area contributed by atoms with E-state index in [4.69, 9.17) is 20.4 Å². The van der Waals surface area contributed by atoms with E-state index in [1.807, 2.05) is 0 Å². The Labute approximate surface area is 61.6 Å². The number of hydrogen-bond donors (Lipinski definition) is 4. The van der Waals surface area contributed by atoms with Crippen LogP contribution in [0.3, 0.4) is 0 Å². The largest absolute Gasteiger partial charge is 0.363 e. The number of ketones is 1. The fraction of sp³-hybridized carbons (Fsp3) is 0.800. The number of aliphatic hydroxyl groups excluding tert-OH is 1. The van der Waals surface area contributed by atoms with E-state index < -0.39 is 23.6 Å². The minimum absolute atomic E-state index is 0.909. The second kappa shape index (κ2) is 1.99. The molecular formula is C5H8O6. The monoisotopic (exact) mass is 164 g/mol. The number of Topliss-reactive ketones (excluding diaryl/α,β-unsaturated/α-hetero) is 1. The second-order valence-corrected chi connectivity index (χ2v) is 2.51. The van der Waals surface area contributed by atoms with Crippen LogP contribution in [0, 0.1) is 0 Å². The van der Waals surface area contributed by atoms with Gasteiger partial charge in [0.1, 0.15) is 0 Å². The topological polar surface area (TPSA) is 107 Å². The van der Waals surface area contributed by atoms with Gasteiger partial charge in [-0.05, 0) is 6.92 Å².